The van der Waals surface area contributed by atoms with E-state index >= 15 is 0 Å². The van der Waals surface area contributed by atoms with Crippen LogP contribution in [0.3, 0.4) is 0 Å². The van der Waals surface area contributed by atoms with Crippen molar-refractivity contribution in [2.45, 2.75) is 19.4 Å². The number of pyridine rings is 1. The Bertz CT molecular complexity index is 586. The Morgan fingerprint density at radius 3 is 2.94 bits per heavy atom. The standard InChI is InChI=1S/C14H16N4/c1-2-11(16)9-18-14-10(7-15)8-17-13-6-4-3-5-12(13)14/h3-6,8,11H,2,9,16H2,1H3,(H,17,18). The van der Waals surface area contributed by atoms with Crippen LogP contribution in [0, 0.1) is 11.3 Å². The van der Waals surface area contributed by atoms with Crippen molar-refractivity contribution in [3.05, 3.63) is 36.0 Å². The topological polar surface area (TPSA) is 74.7 Å². The first-order valence-electron chi connectivity index (χ1n) is 6.03. The molecule has 0 saturated heterocycles. The maximum absolute atomic E-state index is 9.14. The number of nitrogens with two attached hydrogens (primary N) is 1. The average molecular weight is 240 g/mol. The van der Waals surface area contributed by atoms with Gasteiger partial charge in [-0.25, -0.2) is 0 Å². The van der Waals surface area contributed by atoms with Gasteiger partial charge in [0.05, 0.1) is 16.8 Å². The SMILES string of the molecule is CCC(N)CNc1c(C#N)cnc2ccccc12. The highest BCUT2D eigenvalue weighted by atomic mass is 14.9. The van der Waals surface area contributed by atoms with Gasteiger partial charge in [-0.15, -0.1) is 0 Å². The van der Waals surface area contributed by atoms with E-state index in [2.05, 4.69) is 16.4 Å². The van der Waals surface area contributed by atoms with E-state index in [1.807, 2.05) is 31.2 Å². The van der Waals surface area contributed by atoms with Gasteiger partial charge in [0.25, 0.3) is 0 Å². The summed E-state index contributed by atoms with van der Waals surface area (Å²) < 4.78 is 0. The molecule has 0 fully saturated rings. The van der Waals surface area contributed by atoms with Gasteiger partial charge in [0.1, 0.15) is 6.07 Å². The van der Waals surface area contributed by atoms with Crippen LogP contribution in [0.2, 0.25) is 0 Å². The van der Waals surface area contributed by atoms with Crippen LogP contribution in [-0.2, 0) is 0 Å². The minimum absolute atomic E-state index is 0.0865. The Kier molecular flexibility index (Phi) is 3.75. The summed E-state index contributed by atoms with van der Waals surface area (Å²) in [5.74, 6) is 0. The van der Waals surface area contributed by atoms with Gasteiger partial charge in [-0.05, 0) is 12.5 Å². The summed E-state index contributed by atoms with van der Waals surface area (Å²) in [5.41, 5.74) is 8.15. The van der Waals surface area contributed by atoms with Gasteiger partial charge >= 0.3 is 0 Å². The molecule has 0 radical (unpaired) electrons. The summed E-state index contributed by atoms with van der Waals surface area (Å²) in [6.07, 6.45) is 2.50. The first-order chi connectivity index (χ1) is 8.76. The van der Waals surface area contributed by atoms with Gasteiger partial charge in [0.15, 0.2) is 0 Å². The number of hydrogen-bond donors (Lipinski definition) is 2. The van der Waals surface area contributed by atoms with Gasteiger partial charge in [-0.2, -0.15) is 5.26 Å². The van der Waals surface area contributed by atoms with Gasteiger partial charge in [-0.3, -0.25) is 4.98 Å². The molecule has 2 aromatic rings. The van der Waals surface area contributed by atoms with Crippen LogP contribution < -0.4 is 11.1 Å². The van der Waals surface area contributed by atoms with E-state index in [1.54, 1.807) is 6.20 Å². The van der Waals surface area contributed by atoms with E-state index in [0.29, 0.717) is 12.1 Å². The largest absolute Gasteiger partial charge is 0.382 e. The lowest BCUT2D eigenvalue weighted by Crippen LogP contribution is -2.28. The van der Waals surface area contributed by atoms with Crippen molar-refractivity contribution in [1.29, 1.82) is 5.26 Å². The zero-order valence-corrected chi connectivity index (χ0v) is 10.4. The van der Waals surface area contributed by atoms with Crippen molar-refractivity contribution >= 4 is 16.6 Å². The van der Waals surface area contributed by atoms with Crippen LogP contribution in [0.5, 0.6) is 0 Å². The molecule has 4 heteroatoms. The summed E-state index contributed by atoms with van der Waals surface area (Å²) in [6, 6.07) is 10.0. The second-order valence-electron chi connectivity index (χ2n) is 4.23. The van der Waals surface area contributed by atoms with E-state index in [9.17, 15) is 0 Å². The van der Waals surface area contributed by atoms with E-state index in [4.69, 9.17) is 11.0 Å². The van der Waals surface area contributed by atoms with Crippen LogP contribution in [0.4, 0.5) is 5.69 Å². The molecular weight excluding hydrogens is 224 g/mol. The second kappa shape index (κ2) is 5.48. The van der Waals surface area contributed by atoms with Crippen molar-refractivity contribution < 1.29 is 0 Å². The summed E-state index contributed by atoms with van der Waals surface area (Å²) >= 11 is 0. The molecule has 0 spiro atoms. The maximum atomic E-state index is 9.14. The van der Waals surface area contributed by atoms with Crippen molar-refractivity contribution in [2.24, 2.45) is 5.73 Å². The molecule has 92 valence electrons. The molecule has 1 aromatic carbocycles. The Balaban J connectivity index is 2.42. The van der Waals surface area contributed by atoms with Gasteiger partial charge in [0, 0.05) is 24.2 Å². The molecule has 0 saturated carbocycles. The monoisotopic (exact) mass is 240 g/mol. The minimum atomic E-state index is 0.0865. The third-order valence-electron chi connectivity index (χ3n) is 2.96. The summed E-state index contributed by atoms with van der Waals surface area (Å²) in [4.78, 5) is 4.27. The minimum Gasteiger partial charge on any atom is -0.382 e. The lowest BCUT2D eigenvalue weighted by Gasteiger charge is -2.14. The number of rotatable bonds is 4. The second-order valence-corrected chi connectivity index (χ2v) is 4.23. The molecule has 1 unspecified atom stereocenters. The normalized spacial score (nSPS) is 12.1. The van der Waals surface area contributed by atoms with Gasteiger partial charge in [0.2, 0.25) is 0 Å². The predicted molar refractivity (Wildman–Crippen MR) is 73.2 cm³/mol. The molecular formula is C14H16N4. The highest BCUT2D eigenvalue weighted by Gasteiger charge is 2.09. The maximum Gasteiger partial charge on any atom is 0.103 e. The fraction of sp³-hybridized carbons (Fsp3) is 0.286. The molecule has 1 heterocycles. The average Bonchev–Trinajstić information content (AvgIpc) is 2.44. The molecule has 2 rings (SSSR count). The smallest absolute Gasteiger partial charge is 0.103 e. The number of aromatic nitrogens is 1. The molecule has 4 nitrogen and oxygen atoms in total. The fourth-order valence-electron chi connectivity index (χ4n) is 1.79. The Labute approximate surface area is 106 Å². The van der Waals surface area contributed by atoms with E-state index in [1.165, 1.54) is 0 Å². The number of nitrogens with one attached hydrogen (secondary N) is 1. The van der Waals surface area contributed by atoms with Crippen molar-refractivity contribution in [2.75, 3.05) is 11.9 Å². The predicted octanol–water partition coefficient (Wildman–Crippen LogP) is 2.26. The molecule has 0 amide bonds. The van der Waals surface area contributed by atoms with Crippen LogP contribution in [0.25, 0.3) is 10.9 Å². The zero-order chi connectivity index (χ0) is 13.0. The Hall–Kier alpha value is -2.12. The molecule has 0 aliphatic heterocycles. The summed E-state index contributed by atoms with van der Waals surface area (Å²) in [6.45, 7) is 2.70. The number of nitriles is 1. The molecule has 1 atom stereocenters. The number of nitrogens with zero attached hydrogens (tertiary/aromatic N) is 2. The highest BCUT2D eigenvalue weighted by molar-refractivity contribution is 5.93. The number of hydrogen-bond acceptors (Lipinski definition) is 4. The number of benzene rings is 1. The van der Waals surface area contributed by atoms with E-state index < -0.39 is 0 Å². The molecule has 3 N–H and O–H groups in total. The first kappa shape index (κ1) is 12.3. The molecule has 0 aliphatic carbocycles. The zero-order valence-electron chi connectivity index (χ0n) is 10.4. The van der Waals surface area contributed by atoms with E-state index in [0.717, 1.165) is 23.0 Å². The third-order valence-corrected chi connectivity index (χ3v) is 2.96. The van der Waals surface area contributed by atoms with Gasteiger partial charge in [-0.1, -0.05) is 25.1 Å². The molecule has 18 heavy (non-hydrogen) atoms. The highest BCUT2D eigenvalue weighted by Crippen LogP contribution is 2.25. The van der Waals surface area contributed by atoms with E-state index in [-0.39, 0.29) is 6.04 Å². The van der Waals surface area contributed by atoms with Crippen molar-refractivity contribution in [3.8, 4) is 6.07 Å². The van der Waals surface area contributed by atoms with Crippen LogP contribution in [-0.4, -0.2) is 17.6 Å². The summed E-state index contributed by atoms with van der Waals surface area (Å²) in [5, 5.41) is 13.4. The lowest BCUT2D eigenvalue weighted by atomic mass is 10.1. The number of para-hydroxylation sites is 1. The molecule has 0 bridgehead atoms. The quantitative estimate of drug-likeness (QED) is 0.859. The fourth-order valence-corrected chi connectivity index (χ4v) is 1.79. The van der Waals surface area contributed by atoms with Gasteiger partial charge < -0.3 is 11.1 Å². The van der Waals surface area contributed by atoms with Crippen molar-refractivity contribution in [3.63, 3.8) is 0 Å². The molecule has 0 aliphatic rings. The lowest BCUT2D eigenvalue weighted by molar-refractivity contribution is 0.679. The first-order valence-corrected chi connectivity index (χ1v) is 6.03. The van der Waals surface area contributed by atoms with Crippen LogP contribution >= 0.6 is 0 Å². The Morgan fingerprint density at radius 1 is 1.44 bits per heavy atom. The number of fused-ring (bicyclic) bond motifs is 1. The third kappa shape index (κ3) is 2.41. The molecule has 1 aromatic heterocycles. The Morgan fingerprint density at radius 2 is 2.22 bits per heavy atom. The summed E-state index contributed by atoms with van der Waals surface area (Å²) in [7, 11) is 0. The van der Waals surface area contributed by atoms with Crippen LogP contribution in [0.15, 0.2) is 30.5 Å². The van der Waals surface area contributed by atoms with Crippen LogP contribution in [0.1, 0.15) is 18.9 Å². The van der Waals surface area contributed by atoms with Crippen molar-refractivity contribution in [1.82, 2.24) is 4.98 Å². The number of anilines is 1.